The largest absolute Gasteiger partial charge is 0.381 e. The monoisotopic (exact) mass is 322 g/mol. The zero-order valence-corrected chi connectivity index (χ0v) is 14.1. The SMILES string of the molecule is CC1(C)CCCN(c2nnc3c(N)ncc(-c4ccccc4)n23)C1. The summed E-state index contributed by atoms with van der Waals surface area (Å²) in [5, 5.41) is 8.76. The quantitative estimate of drug-likeness (QED) is 0.785. The van der Waals surface area contributed by atoms with Crippen LogP contribution < -0.4 is 10.6 Å². The van der Waals surface area contributed by atoms with Crippen molar-refractivity contribution in [1.29, 1.82) is 0 Å². The third kappa shape index (κ3) is 2.48. The Morgan fingerprint density at radius 1 is 1.12 bits per heavy atom. The maximum Gasteiger partial charge on any atom is 0.232 e. The Morgan fingerprint density at radius 2 is 1.92 bits per heavy atom. The van der Waals surface area contributed by atoms with E-state index in [0.29, 0.717) is 11.5 Å². The highest BCUT2D eigenvalue weighted by molar-refractivity contribution is 5.71. The molecule has 0 bridgehead atoms. The molecule has 6 nitrogen and oxygen atoms in total. The van der Waals surface area contributed by atoms with Gasteiger partial charge in [0.15, 0.2) is 5.82 Å². The summed E-state index contributed by atoms with van der Waals surface area (Å²) in [6, 6.07) is 10.2. The molecule has 0 unspecified atom stereocenters. The summed E-state index contributed by atoms with van der Waals surface area (Å²) in [6.45, 7) is 6.55. The van der Waals surface area contributed by atoms with Crippen LogP contribution >= 0.6 is 0 Å². The lowest BCUT2D eigenvalue weighted by Crippen LogP contribution is -2.41. The van der Waals surface area contributed by atoms with E-state index >= 15 is 0 Å². The van der Waals surface area contributed by atoms with E-state index in [1.165, 1.54) is 6.42 Å². The van der Waals surface area contributed by atoms with E-state index in [1.807, 2.05) is 22.6 Å². The fraction of sp³-hybridized carbons (Fsp3) is 0.389. The van der Waals surface area contributed by atoms with Crippen LogP contribution in [-0.4, -0.2) is 32.7 Å². The number of hydrogen-bond donors (Lipinski definition) is 1. The zero-order valence-electron chi connectivity index (χ0n) is 14.1. The summed E-state index contributed by atoms with van der Waals surface area (Å²) >= 11 is 0. The molecule has 0 atom stereocenters. The molecule has 3 aromatic rings. The van der Waals surface area contributed by atoms with Crippen LogP contribution in [0.15, 0.2) is 36.5 Å². The van der Waals surface area contributed by atoms with Gasteiger partial charge in [-0.15, -0.1) is 10.2 Å². The highest BCUT2D eigenvalue weighted by atomic mass is 15.4. The summed E-state index contributed by atoms with van der Waals surface area (Å²) in [5.74, 6) is 1.26. The molecule has 3 heterocycles. The van der Waals surface area contributed by atoms with Gasteiger partial charge in [0, 0.05) is 18.7 Å². The van der Waals surface area contributed by atoms with Crippen molar-refractivity contribution in [3.05, 3.63) is 36.5 Å². The van der Waals surface area contributed by atoms with Gasteiger partial charge in [0.05, 0.1) is 11.9 Å². The van der Waals surface area contributed by atoms with E-state index < -0.39 is 0 Å². The Labute approximate surface area is 141 Å². The second kappa shape index (κ2) is 5.47. The lowest BCUT2D eigenvalue weighted by molar-refractivity contribution is 0.290. The molecule has 124 valence electrons. The zero-order chi connectivity index (χ0) is 16.7. The van der Waals surface area contributed by atoms with Crippen LogP contribution in [-0.2, 0) is 0 Å². The lowest BCUT2D eigenvalue weighted by Gasteiger charge is -2.38. The van der Waals surface area contributed by atoms with Gasteiger partial charge >= 0.3 is 0 Å². The highest BCUT2D eigenvalue weighted by Crippen LogP contribution is 2.33. The maximum atomic E-state index is 6.05. The maximum absolute atomic E-state index is 6.05. The topological polar surface area (TPSA) is 72.3 Å². The van der Waals surface area contributed by atoms with Gasteiger partial charge in [-0.2, -0.15) is 0 Å². The number of anilines is 2. The van der Waals surface area contributed by atoms with E-state index in [4.69, 9.17) is 5.73 Å². The molecule has 0 aliphatic carbocycles. The summed E-state index contributed by atoms with van der Waals surface area (Å²) in [7, 11) is 0. The molecule has 1 aromatic carbocycles. The number of hydrogen-bond acceptors (Lipinski definition) is 5. The van der Waals surface area contributed by atoms with Gasteiger partial charge in [-0.1, -0.05) is 44.2 Å². The van der Waals surface area contributed by atoms with Crippen molar-refractivity contribution in [2.45, 2.75) is 26.7 Å². The molecule has 2 aromatic heterocycles. The average molecular weight is 322 g/mol. The molecule has 1 fully saturated rings. The predicted molar refractivity (Wildman–Crippen MR) is 95.9 cm³/mol. The molecule has 0 radical (unpaired) electrons. The molecule has 0 spiro atoms. The smallest absolute Gasteiger partial charge is 0.232 e. The van der Waals surface area contributed by atoms with E-state index in [9.17, 15) is 0 Å². The van der Waals surface area contributed by atoms with Crippen molar-refractivity contribution in [2.24, 2.45) is 5.41 Å². The normalized spacial score (nSPS) is 17.3. The van der Waals surface area contributed by atoms with Crippen LogP contribution in [0.2, 0.25) is 0 Å². The van der Waals surface area contributed by atoms with Crippen molar-refractivity contribution in [2.75, 3.05) is 23.7 Å². The molecule has 2 N–H and O–H groups in total. The molecule has 24 heavy (non-hydrogen) atoms. The molecule has 6 heteroatoms. The van der Waals surface area contributed by atoms with Crippen LogP contribution in [0.4, 0.5) is 11.8 Å². The number of nitrogens with two attached hydrogens (primary N) is 1. The molecule has 0 amide bonds. The van der Waals surface area contributed by atoms with Gasteiger partial charge in [0.2, 0.25) is 11.6 Å². The van der Waals surface area contributed by atoms with Crippen molar-refractivity contribution < 1.29 is 0 Å². The van der Waals surface area contributed by atoms with Crippen LogP contribution in [0.25, 0.3) is 16.9 Å². The molecular formula is C18H22N6. The lowest BCUT2D eigenvalue weighted by atomic mass is 9.84. The fourth-order valence-electron chi connectivity index (χ4n) is 3.52. The number of rotatable bonds is 2. The van der Waals surface area contributed by atoms with Crippen LogP contribution in [0.3, 0.4) is 0 Å². The summed E-state index contributed by atoms with van der Waals surface area (Å²) in [4.78, 5) is 6.62. The molecule has 4 rings (SSSR count). The predicted octanol–water partition coefficient (Wildman–Crippen LogP) is 3.00. The minimum absolute atomic E-state index is 0.273. The summed E-state index contributed by atoms with van der Waals surface area (Å²) < 4.78 is 2.04. The fourth-order valence-corrected chi connectivity index (χ4v) is 3.52. The van der Waals surface area contributed by atoms with E-state index in [-0.39, 0.29) is 5.41 Å². The first-order valence-electron chi connectivity index (χ1n) is 8.35. The first-order chi connectivity index (χ1) is 11.6. The Hall–Kier alpha value is -2.63. The summed E-state index contributed by atoms with van der Waals surface area (Å²) in [6.07, 6.45) is 4.19. The second-order valence-corrected chi connectivity index (χ2v) is 7.24. The first-order valence-corrected chi connectivity index (χ1v) is 8.35. The molecule has 1 saturated heterocycles. The van der Waals surface area contributed by atoms with Gasteiger partial charge in [-0.3, -0.25) is 4.40 Å². The molecule has 1 aliphatic heterocycles. The molecular weight excluding hydrogens is 300 g/mol. The van der Waals surface area contributed by atoms with E-state index in [0.717, 1.165) is 36.7 Å². The Kier molecular flexibility index (Phi) is 3.40. The van der Waals surface area contributed by atoms with Gasteiger partial charge in [-0.25, -0.2) is 4.98 Å². The average Bonchev–Trinajstić information content (AvgIpc) is 3.01. The molecule has 0 saturated carbocycles. The second-order valence-electron chi connectivity index (χ2n) is 7.24. The standard InChI is InChI=1S/C18H22N6/c1-18(2)9-6-10-23(12-18)17-22-21-16-15(19)20-11-14(24(16)17)13-7-4-3-5-8-13/h3-5,7-8,11H,6,9-10,12H2,1-2H3,(H2,19,20). The van der Waals surface area contributed by atoms with E-state index in [2.05, 4.69) is 46.1 Å². The minimum atomic E-state index is 0.273. The Bertz CT molecular complexity index is 868. The van der Waals surface area contributed by atoms with Gasteiger partial charge in [0.1, 0.15) is 0 Å². The number of fused-ring (bicyclic) bond motifs is 1. The number of benzene rings is 1. The number of aromatic nitrogens is 4. The van der Waals surface area contributed by atoms with Crippen molar-refractivity contribution in [3.8, 4) is 11.3 Å². The minimum Gasteiger partial charge on any atom is -0.381 e. The van der Waals surface area contributed by atoms with Crippen LogP contribution in [0, 0.1) is 5.41 Å². The number of nitrogen functional groups attached to an aromatic ring is 1. The van der Waals surface area contributed by atoms with Crippen molar-refractivity contribution >= 4 is 17.4 Å². The summed E-state index contributed by atoms with van der Waals surface area (Å²) in [5.41, 5.74) is 8.98. The van der Waals surface area contributed by atoms with Gasteiger partial charge in [0.25, 0.3) is 0 Å². The van der Waals surface area contributed by atoms with Crippen molar-refractivity contribution in [1.82, 2.24) is 19.6 Å². The van der Waals surface area contributed by atoms with E-state index in [1.54, 1.807) is 6.20 Å². The third-order valence-electron chi connectivity index (χ3n) is 4.69. The number of piperidine rings is 1. The van der Waals surface area contributed by atoms with Gasteiger partial charge < -0.3 is 10.6 Å². The highest BCUT2D eigenvalue weighted by Gasteiger charge is 2.29. The van der Waals surface area contributed by atoms with Gasteiger partial charge in [-0.05, 0) is 18.3 Å². The van der Waals surface area contributed by atoms with Crippen LogP contribution in [0.5, 0.6) is 0 Å². The van der Waals surface area contributed by atoms with Crippen LogP contribution in [0.1, 0.15) is 26.7 Å². The molecule has 1 aliphatic rings. The first kappa shape index (κ1) is 14.9. The third-order valence-corrected chi connectivity index (χ3v) is 4.69. The Balaban J connectivity index is 1.90. The Morgan fingerprint density at radius 3 is 2.67 bits per heavy atom. The number of nitrogens with zero attached hydrogens (tertiary/aromatic N) is 5. The van der Waals surface area contributed by atoms with Crippen molar-refractivity contribution in [3.63, 3.8) is 0 Å².